The number of rotatable bonds is 10. The standard InChI is InChI=1S/C15H24O4/c1-12(14(16)17)10-8-6-4-3-5-7-9-11-13(2)15(18)19/h10-11H,3-9H2,1-2H3,(H,16,17)(H,18,19)/b12-10+,13-11+. The van der Waals surface area contributed by atoms with E-state index >= 15 is 0 Å². The largest absolute Gasteiger partial charge is 0.478 e. The van der Waals surface area contributed by atoms with E-state index < -0.39 is 11.9 Å². The molecular weight excluding hydrogens is 244 g/mol. The number of allylic oxidation sites excluding steroid dienone is 2. The van der Waals surface area contributed by atoms with Gasteiger partial charge in [0.05, 0.1) is 0 Å². The van der Waals surface area contributed by atoms with E-state index in [0.717, 1.165) is 44.9 Å². The fourth-order valence-electron chi connectivity index (χ4n) is 1.63. The molecule has 19 heavy (non-hydrogen) atoms. The Morgan fingerprint density at radius 1 is 0.737 bits per heavy atom. The van der Waals surface area contributed by atoms with E-state index in [4.69, 9.17) is 10.2 Å². The number of carboxylic acid groups (broad SMARTS) is 2. The maximum atomic E-state index is 10.5. The summed E-state index contributed by atoms with van der Waals surface area (Å²) in [5, 5.41) is 17.3. The zero-order valence-corrected chi connectivity index (χ0v) is 11.8. The lowest BCUT2D eigenvalue weighted by Crippen LogP contribution is -1.95. The van der Waals surface area contributed by atoms with Crippen LogP contribution in [0.5, 0.6) is 0 Å². The molecule has 0 unspecified atom stereocenters. The van der Waals surface area contributed by atoms with Gasteiger partial charge in [0.1, 0.15) is 0 Å². The van der Waals surface area contributed by atoms with Crippen molar-refractivity contribution < 1.29 is 19.8 Å². The highest BCUT2D eigenvalue weighted by molar-refractivity contribution is 5.86. The maximum absolute atomic E-state index is 10.5. The van der Waals surface area contributed by atoms with Gasteiger partial charge in [-0.25, -0.2) is 9.59 Å². The van der Waals surface area contributed by atoms with Gasteiger partial charge < -0.3 is 10.2 Å². The number of carbonyl (C=O) groups is 2. The van der Waals surface area contributed by atoms with Crippen molar-refractivity contribution in [1.29, 1.82) is 0 Å². The molecule has 0 atom stereocenters. The minimum atomic E-state index is -0.847. The van der Waals surface area contributed by atoms with E-state index in [9.17, 15) is 9.59 Å². The first kappa shape index (κ1) is 17.4. The smallest absolute Gasteiger partial charge is 0.330 e. The Morgan fingerprint density at radius 2 is 1.05 bits per heavy atom. The Bertz CT molecular complexity index is 319. The molecule has 0 aromatic carbocycles. The van der Waals surface area contributed by atoms with Crippen LogP contribution in [0.3, 0.4) is 0 Å². The highest BCUT2D eigenvalue weighted by atomic mass is 16.4. The monoisotopic (exact) mass is 268 g/mol. The van der Waals surface area contributed by atoms with Crippen molar-refractivity contribution in [3.8, 4) is 0 Å². The SMILES string of the molecule is C/C(=C\CCCCCCC/C=C(\C)C(=O)O)C(=O)O. The summed E-state index contributed by atoms with van der Waals surface area (Å²) in [7, 11) is 0. The first-order valence-corrected chi connectivity index (χ1v) is 6.75. The van der Waals surface area contributed by atoms with E-state index in [0.29, 0.717) is 11.1 Å². The third kappa shape index (κ3) is 10.1. The first-order chi connectivity index (χ1) is 8.95. The quantitative estimate of drug-likeness (QED) is 0.467. The Kier molecular flexibility index (Phi) is 9.49. The van der Waals surface area contributed by atoms with Crippen LogP contribution in [0, 0.1) is 0 Å². The third-order valence-electron chi connectivity index (χ3n) is 2.98. The van der Waals surface area contributed by atoms with Gasteiger partial charge in [-0.1, -0.05) is 31.4 Å². The lowest BCUT2D eigenvalue weighted by atomic mass is 10.1. The van der Waals surface area contributed by atoms with Gasteiger partial charge in [0.2, 0.25) is 0 Å². The Hall–Kier alpha value is -1.58. The zero-order chi connectivity index (χ0) is 14.7. The van der Waals surface area contributed by atoms with Gasteiger partial charge in [-0.05, 0) is 39.5 Å². The average molecular weight is 268 g/mol. The summed E-state index contributed by atoms with van der Waals surface area (Å²) < 4.78 is 0. The number of unbranched alkanes of at least 4 members (excludes halogenated alkanes) is 6. The Morgan fingerprint density at radius 3 is 1.37 bits per heavy atom. The van der Waals surface area contributed by atoms with Crippen molar-refractivity contribution in [2.24, 2.45) is 0 Å². The molecule has 108 valence electrons. The molecule has 4 heteroatoms. The second kappa shape index (κ2) is 10.4. The molecule has 0 fully saturated rings. The van der Waals surface area contributed by atoms with Crippen LogP contribution in [0.1, 0.15) is 58.8 Å². The first-order valence-electron chi connectivity index (χ1n) is 6.75. The molecule has 0 aliphatic rings. The summed E-state index contributed by atoms with van der Waals surface area (Å²) >= 11 is 0. The molecule has 0 saturated heterocycles. The molecule has 0 aromatic heterocycles. The van der Waals surface area contributed by atoms with Crippen molar-refractivity contribution in [3.63, 3.8) is 0 Å². The lowest BCUT2D eigenvalue weighted by Gasteiger charge is -1.99. The van der Waals surface area contributed by atoms with Crippen molar-refractivity contribution >= 4 is 11.9 Å². The summed E-state index contributed by atoms with van der Waals surface area (Å²) in [4.78, 5) is 21.0. The predicted octanol–water partition coefficient (Wildman–Crippen LogP) is 3.78. The van der Waals surface area contributed by atoms with Gasteiger partial charge in [-0.2, -0.15) is 0 Å². The van der Waals surface area contributed by atoms with Crippen LogP contribution in [0.25, 0.3) is 0 Å². The van der Waals surface area contributed by atoms with Crippen LogP contribution in [0.4, 0.5) is 0 Å². The molecule has 0 aliphatic carbocycles. The zero-order valence-electron chi connectivity index (χ0n) is 11.8. The molecule has 0 amide bonds. The summed E-state index contributed by atoms with van der Waals surface area (Å²) in [6.07, 6.45) is 10.5. The van der Waals surface area contributed by atoms with Crippen molar-refractivity contribution in [3.05, 3.63) is 23.3 Å². The molecule has 0 heterocycles. The third-order valence-corrected chi connectivity index (χ3v) is 2.98. The normalized spacial score (nSPS) is 12.5. The Labute approximate surface area is 114 Å². The summed E-state index contributed by atoms with van der Waals surface area (Å²) in [6, 6.07) is 0. The highest BCUT2D eigenvalue weighted by Gasteiger charge is 1.99. The molecule has 4 nitrogen and oxygen atoms in total. The summed E-state index contributed by atoms with van der Waals surface area (Å²) in [5.74, 6) is -1.69. The van der Waals surface area contributed by atoms with Crippen molar-refractivity contribution in [2.75, 3.05) is 0 Å². The molecule has 0 spiro atoms. The van der Waals surface area contributed by atoms with Crippen LogP contribution in [-0.2, 0) is 9.59 Å². The van der Waals surface area contributed by atoms with Gasteiger partial charge in [0, 0.05) is 11.1 Å². The predicted molar refractivity (Wildman–Crippen MR) is 75.1 cm³/mol. The second-order valence-electron chi connectivity index (χ2n) is 4.73. The number of carboxylic acids is 2. The molecule has 0 radical (unpaired) electrons. The molecule has 0 aromatic rings. The molecule has 0 saturated carbocycles. The maximum Gasteiger partial charge on any atom is 0.330 e. The molecule has 0 aliphatic heterocycles. The van der Waals surface area contributed by atoms with E-state index in [1.54, 1.807) is 26.0 Å². The van der Waals surface area contributed by atoms with Crippen LogP contribution < -0.4 is 0 Å². The van der Waals surface area contributed by atoms with Gasteiger partial charge >= 0.3 is 11.9 Å². The van der Waals surface area contributed by atoms with Gasteiger partial charge in [-0.3, -0.25) is 0 Å². The van der Waals surface area contributed by atoms with E-state index in [1.165, 1.54) is 0 Å². The van der Waals surface area contributed by atoms with Crippen LogP contribution in [0.2, 0.25) is 0 Å². The Balaban J connectivity index is 3.47. The summed E-state index contributed by atoms with van der Waals surface area (Å²) in [5.41, 5.74) is 0.823. The second-order valence-corrected chi connectivity index (χ2v) is 4.73. The minimum absolute atomic E-state index is 0.411. The number of hydrogen-bond acceptors (Lipinski definition) is 2. The van der Waals surface area contributed by atoms with Gasteiger partial charge in [0.15, 0.2) is 0 Å². The molecule has 0 rings (SSSR count). The van der Waals surface area contributed by atoms with E-state index in [2.05, 4.69) is 0 Å². The fraction of sp³-hybridized carbons (Fsp3) is 0.600. The number of hydrogen-bond donors (Lipinski definition) is 2. The van der Waals surface area contributed by atoms with Crippen LogP contribution in [0.15, 0.2) is 23.3 Å². The van der Waals surface area contributed by atoms with E-state index in [-0.39, 0.29) is 0 Å². The number of aliphatic carboxylic acids is 2. The topological polar surface area (TPSA) is 74.6 Å². The van der Waals surface area contributed by atoms with Crippen LogP contribution in [-0.4, -0.2) is 22.2 Å². The van der Waals surface area contributed by atoms with Crippen LogP contribution >= 0.6 is 0 Å². The van der Waals surface area contributed by atoms with Gasteiger partial charge in [0.25, 0.3) is 0 Å². The lowest BCUT2D eigenvalue weighted by molar-refractivity contribution is -0.133. The minimum Gasteiger partial charge on any atom is -0.478 e. The van der Waals surface area contributed by atoms with E-state index in [1.807, 2.05) is 0 Å². The molecule has 0 bridgehead atoms. The molecule has 2 N–H and O–H groups in total. The summed E-state index contributed by atoms with van der Waals surface area (Å²) in [6.45, 7) is 3.22. The average Bonchev–Trinajstić information content (AvgIpc) is 2.35. The van der Waals surface area contributed by atoms with Gasteiger partial charge in [-0.15, -0.1) is 0 Å². The van der Waals surface area contributed by atoms with Crippen molar-refractivity contribution in [1.82, 2.24) is 0 Å². The highest BCUT2D eigenvalue weighted by Crippen LogP contribution is 2.10. The molecular formula is C15H24O4. The fourth-order valence-corrected chi connectivity index (χ4v) is 1.63. The van der Waals surface area contributed by atoms with Crippen molar-refractivity contribution in [2.45, 2.75) is 58.8 Å².